The molecule has 0 radical (unpaired) electrons. The number of methoxy groups -OCH3 is 1. The largest absolute Gasteiger partial charge is 0.482 e. The number of benzene rings is 2. The van der Waals surface area contributed by atoms with Gasteiger partial charge in [0.25, 0.3) is 5.91 Å². The lowest BCUT2D eigenvalue weighted by atomic mass is 10.2. The Hall–Kier alpha value is -2.80. The van der Waals surface area contributed by atoms with Crippen molar-refractivity contribution in [2.75, 3.05) is 13.7 Å². The molecule has 6 nitrogen and oxygen atoms in total. The molecule has 0 aliphatic heterocycles. The van der Waals surface area contributed by atoms with Crippen molar-refractivity contribution in [3.8, 4) is 5.75 Å². The van der Waals surface area contributed by atoms with E-state index in [1.165, 1.54) is 24.4 Å². The fraction of sp³-hybridized carbons (Fsp3) is 0.250. The van der Waals surface area contributed by atoms with Crippen LogP contribution in [0.25, 0.3) is 0 Å². The van der Waals surface area contributed by atoms with Crippen molar-refractivity contribution in [3.05, 3.63) is 59.7 Å². The van der Waals surface area contributed by atoms with Crippen molar-refractivity contribution in [1.82, 2.24) is 5.43 Å². The van der Waals surface area contributed by atoms with Crippen molar-refractivity contribution in [1.29, 1.82) is 0 Å². The zero-order valence-electron chi connectivity index (χ0n) is 15.5. The highest BCUT2D eigenvalue weighted by Crippen LogP contribution is 2.23. The maximum absolute atomic E-state index is 12.1. The third-order valence-corrected chi connectivity index (χ3v) is 4.67. The fourth-order valence-electron chi connectivity index (χ4n) is 1.99. The predicted molar refractivity (Wildman–Crippen MR) is 106 cm³/mol. The highest BCUT2D eigenvalue weighted by molar-refractivity contribution is 8.00. The van der Waals surface area contributed by atoms with Crippen molar-refractivity contribution in [2.24, 2.45) is 5.10 Å². The Labute approximate surface area is 162 Å². The summed E-state index contributed by atoms with van der Waals surface area (Å²) in [6.07, 6.45) is 1.55. The van der Waals surface area contributed by atoms with Gasteiger partial charge in [-0.1, -0.05) is 17.7 Å². The first-order valence-corrected chi connectivity index (χ1v) is 9.22. The van der Waals surface area contributed by atoms with Crippen LogP contribution in [-0.2, 0) is 14.3 Å². The molecule has 1 N–H and O–H groups in total. The van der Waals surface area contributed by atoms with Gasteiger partial charge in [0, 0.05) is 4.90 Å². The summed E-state index contributed by atoms with van der Waals surface area (Å²) in [5, 5.41) is 3.72. The first kappa shape index (κ1) is 20.5. The van der Waals surface area contributed by atoms with Gasteiger partial charge in [0.05, 0.1) is 18.6 Å². The lowest BCUT2D eigenvalue weighted by Crippen LogP contribution is -2.26. The molecule has 0 unspecified atom stereocenters. The SMILES string of the molecule is COC(=O)COc1ccc(/C=N\NC(=O)[C@@H](C)Sc2ccc(C)cc2)cc1. The second-order valence-electron chi connectivity index (χ2n) is 5.74. The Morgan fingerprint density at radius 2 is 1.81 bits per heavy atom. The van der Waals surface area contributed by atoms with E-state index in [9.17, 15) is 9.59 Å². The number of amides is 1. The second kappa shape index (κ2) is 10.4. The van der Waals surface area contributed by atoms with E-state index in [0.29, 0.717) is 5.75 Å². The van der Waals surface area contributed by atoms with Crippen molar-refractivity contribution in [2.45, 2.75) is 24.0 Å². The molecule has 1 atom stereocenters. The van der Waals surface area contributed by atoms with Gasteiger partial charge in [0.15, 0.2) is 6.61 Å². The molecule has 2 aromatic rings. The van der Waals surface area contributed by atoms with E-state index in [0.717, 1.165) is 10.5 Å². The summed E-state index contributed by atoms with van der Waals surface area (Å²) in [6, 6.07) is 15.0. The van der Waals surface area contributed by atoms with Crippen molar-refractivity contribution in [3.63, 3.8) is 0 Å². The lowest BCUT2D eigenvalue weighted by molar-refractivity contribution is -0.142. The van der Waals surface area contributed by atoms with Crippen molar-refractivity contribution >= 4 is 29.9 Å². The van der Waals surface area contributed by atoms with Gasteiger partial charge >= 0.3 is 5.97 Å². The number of aryl methyl sites for hydroxylation is 1. The minimum absolute atomic E-state index is 0.142. The number of nitrogens with one attached hydrogen (secondary N) is 1. The molecule has 0 aromatic heterocycles. The van der Waals surface area contributed by atoms with Gasteiger partial charge in [0.1, 0.15) is 5.75 Å². The van der Waals surface area contributed by atoms with Crippen LogP contribution in [0.2, 0.25) is 0 Å². The summed E-state index contributed by atoms with van der Waals surface area (Å²) in [5.41, 5.74) is 4.52. The highest BCUT2D eigenvalue weighted by atomic mass is 32.2. The minimum Gasteiger partial charge on any atom is -0.482 e. The third-order valence-electron chi connectivity index (χ3n) is 3.56. The van der Waals surface area contributed by atoms with E-state index < -0.39 is 5.97 Å². The van der Waals surface area contributed by atoms with E-state index in [4.69, 9.17) is 4.74 Å². The number of hydrogen-bond donors (Lipinski definition) is 1. The first-order valence-electron chi connectivity index (χ1n) is 8.34. The molecule has 0 aliphatic carbocycles. The lowest BCUT2D eigenvalue weighted by Gasteiger charge is -2.09. The zero-order chi connectivity index (χ0) is 19.6. The van der Waals surface area contributed by atoms with E-state index in [-0.39, 0.29) is 17.8 Å². The topological polar surface area (TPSA) is 77.0 Å². The summed E-state index contributed by atoms with van der Waals surface area (Å²) in [5.74, 6) is -0.0689. The van der Waals surface area contributed by atoms with E-state index in [2.05, 4.69) is 15.3 Å². The number of hydrazone groups is 1. The molecule has 0 bridgehead atoms. The van der Waals surface area contributed by atoms with Crippen LogP contribution in [0.1, 0.15) is 18.1 Å². The molecule has 1 amide bonds. The van der Waals surface area contributed by atoms with Crippen LogP contribution < -0.4 is 10.2 Å². The molecule has 7 heteroatoms. The van der Waals surface area contributed by atoms with E-state index in [1.807, 2.05) is 38.1 Å². The number of nitrogens with zero attached hydrogens (tertiary/aromatic N) is 1. The Balaban J connectivity index is 1.80. The Kier molecular flexibility index (Phi) is 7.88. The average molecular weight is 386 g/mol. The number of thioether (sulfide) groups is 1. The van der Waals surface area contributed by atoms with Crippen LogP contribution >= 0.6 is 11.8 Å². The van der Waals surface area contributed by atoms with Gasteiger partial charge in [-0.2, -0.15) is 5.10 Å². The molecule has 0 aliphatic rings. The van der Waals surface area contributed by atoms with E-state index >= 15 is 0 Å². The molecular formula is C20H22N2O4S. The van der Waals surface area contributed by atoms with Crippen LogP contribution in [0.15, 0.2) is 58.5 Å². The van der Waals surface area contributed by atoms with Crippen LogP contribution in [0.5, 0.6) is 5.75 Å². The Morgan fingerprint density at radius 1 is 1.15 bits per heavy atom. The van der Waals surface area contributed by atoms with Gasteiger partial charge in [-0.05, 0) is 55.8 Å². The number of carbonyl (C=O) groups excluding carboxylic acids is 2. The molecule has 0 heterocycles. The summed E-state index contributed by atoms with van der Waals surface area (Å²) < 4.78 is 9.77. The van der Waals surface area contributed by atoms with E-state index in [1.54, 1.807) is 30.5 Å². The van der Waals surface area contributed by atoms with Gasteiger partial charge in [-0.25, -0.2) is 10.2 Å². The molecule has 142 valence electrons. The van der Waals surface area contributed by atoms with Crippen LogP contribution in [-0.4, -0.2) is 37.1 Å². The number of ether oxygens (including phenoxy) is 2. The minimum atomic E-state index is -0.444. The third kappa shape index (κ3) is 7.15. The first-order chi connectivity index (χ1) is 13.0. The van der Waals surface area contributed by atoms with Gasteiger partial charge in [0.2, 0.25) is 0 Å². The van der Waals surface area contributed by atoms with Gasteiger partial charge in [-0.15, -0.1) is 11.8 Å². The van der Waals surface area contributed by atoms with Crippen LogP contribution in [0.4, 0.5) is 0 Å². The molecule has 0 saturated carbocycles. The summed E-state index contributed by atoms with van der Waals surface area (Å²) in [6.45, 7) is 3.72. The number of esters is 1. The average Bonchev–Trinajstić information content (AvgIpc) is 2.68. The van der Waals surface area contributed by atoms with Crippen molar-refractivity contribution < 1.29 is 19.1 Å². The zero-order valence-corrected chi connectivity index (χ0v) is 16.3. The van der Waals surface area contributed by atoms with Gasteiger partial charge in [-0.3, -0.25) is 4.79 Å². The molecule has 0 saturated heterocycles. The van der Waals surface area contributed by atoms with Gasteiger partial charge < -0.3 is 9.47 Å². The maximum atomic E-state index is 12.1. The fourth-order valence-corrected chi connectivity index (χ4v) is 2.85. The smallest absolute Gasteiger partial charge is 0.343 e. The number of rotatable bonds is 8. The predicted octanol–water partition coefficient (Wildman–Crippen LogP) is 3.18. The monoisotopic (exact) mass is 386 g/mol. The quantitative estimate of drug-likeness (QED) is 0.326. The summed E-state index contributed by atoms with van der Waals surface area (Å²) >= 11 is 1.48. The van der Waals surface area contributed by atoms with Crippen LogP contribution in [0.3, 0.4) is 0 Å². The normalized spacial score (nSPS) is 11.8. The maximum Gasteiger partial charge on any atom is 0.343 e. The Bertz CT molecular complexity index is 789. The molecule has 0 spiro atoms. The molecular weight excluding hydrogens is 364 g/mol. The molecule has 27 heavy (non-hydrogen) atoms. The highest BCUT2D eigenvalue weighted by Gasteiger charge is 2.13. The number of hydrogen-bond acceptors (Lipinski definition) is 6. The summed E-state index contributed by atoms with van der Waals surface area (Å²) in [4.78, 5) is 24.2. The van der Waals surface area contributed by atoms with Crippen LogP contribution in [0, 0.1) is 6.92 Å². The summed E-state index contributed by atoms with van der Waals surface area (Å²) in [7, 11) is 1.31. The molecule has 0 fully saturated rings. The second-order valence-corrected chi connectivity index (χ2v) is 7.16. The number of carbonyl (C=O) groups is 2. The Morgan fingerprint density at radius 3 is 2.44 bits per heavy atom. The molecule has 2 aromatic carbocycles. The molecule has 2 rings (SSSR count). The standard InChI is InChI=1S/C20H22N2O4S/c1-14-4-10-18(11-5-14)27-15(2)20(24)22-21-12-16-6-8-17(9-7-16)26-13-19(23)25-3/h4-12,15H,13H2,1-3H3,(H,22,24)/b21-12-/t15-/m1/s1.